The molecule has 0 bridgehead atoms. The summed E-state index contributed by atoms with van der Waals surface area (Å²) in [5, 5.41) is 7.48. The second-order valence-corrected chi connectivity index (χ2v) is 7.36. The van der Waals surface area contributed by atoms with Crippen molar-refractivity contribution < 1.29 is 9.59 Å². The highest BCUT2D eigenvalue weighted by Gasteiger charge is 2.33. The van der Waals surface area contributed by atoms with Crippen molar-refractivity contribution in [3.8, 4) is 0 Å². The SMILES string of the molecule is O=C(C[C@H]1Nc2c3ccccc3nc(=S)n2C1=O)NCCc1ccc(Cl)cc1. The zero-order chi connectivity index (χ0) is 19.7. The Bertz CT molecular complexity index is 1130. The summed E-state index contributed by atoms with van der Waals surface area (Å²) in [6.45, 7) is 0.484. The number of hydrogen-bond acceptors (Lipinski definition) is 5. The Kier molecular flexibility index (Phi) is 5.11. The number of para-hydroxylation sites is 1. The third-order valence-electron chi connectivity index (χ3n) is 4.66. The number of rotatable bonds is 5. The number of amides is 1. The van der Waals surface area contributed by atoms with Crippen LogP contribution in [0.1, 0.15) is 16.8 Å². The number of hydrogen-bond donors (Lipinski definition) is 2. The van der Waals surface area contributed by atoms with Crippen molar-refractivity contribution in [1.82, 2.24) is 14.9 Å². The van der Waals surface area contributed by atoms with Gasteiger partial charge < -0.3 is 10.6 Å². The summed E-state index contributed by atoms with van der Waals surface area (Å²) in [6, 6.07) is 14.3. The fourth-order valence-corrected chi connectivity index (χ4v) is 3.67. The summed E-state index contributed by atoms with van der Waals surface area (Å²) in [7, 11) is 0. The Balaban J connectivity index is 1.41. The van der Waals surface area contributed by atoms with E-state index in [2.05, 4.69) is 15.6 Å². The normalized spacial score (nSPS) is 15.3. The summed E-state index contributed by atoms with van der Waals surface area (Å²) in [4.78, 5) is 29.3. The summed E-state index contributed by atoms with van der Waals surface area (Å²) < 4.78 is 1.57. The van der Waals surface area contributed by atoms with Gasteiger partial charge in [-0.1, -0.05) is 35.9 Å². The molecule has 2 heterocycles. The van der Waals surface area contributed by atoms with Gasteiger partial charge in [0.1, 0.15) is 11.9 Å². The average molecular weight is 413 g/mol. The minimum atomic E-state index is -0.662. The van der Waals surface area contributed by atoms with Crippen molar-refractivity contribution in [2.24, 2.45) is 0 Å². The minimum Gasteiger partial charge on any atom is -0.358 e. The van der Waals surface area contributed by atoms with Gasteiger partial charge in [-0.3, -0.25) is 9.59 Å². The van der Waals surface area contributed by atoms with Crippen LogP contribution in [0.5, 0.6) is 0 Å². The zero-order valence-electron chi connectivity index (χ0n) is 14.8. The quantitative estimate of drug-likeness (QED) is 0.626. The third-order valence-corrected chi connectivity index (χ3v) is 5.18. The van der Waals surface area contributed by atoms with E-state index in [9.17, 15) is 9.59 Å². The van der Waals surface area contributed by atoms with Crippen LogP contribution in [0, 0.1) is 4.77 Å². The molecule has 4 rings (SSSR count). The van der Waals surface area contributed by atoms with Crippen molar-refractivity contribution in [2.75, 3.05) is 11.9 Å². The Labute approximate surface area is 171 Å². The van der Waals surface area contributed by atoms with Gasteiger partial charge in [-0.2, -0.15) is 0 Å². The van der Waals surface area contributed by atoms with E-state index in [1.54, 1.807) is 0 Å². The largest absolute Gasteiger partial charge is 0.358 e. The maximum absolute atomic E-state index is 12.7. The van der Waals surface area contributed by atoms with Crippen LogP contribution in [0.25, 0.3) is 10.9 Å². The molecule has 1 atom stereocenters. The Hall–Kier alpha value is -2.77. The van der Waals surface area contributed by atoms with Crippen LogP contribution in [0.2, 0.25) is 5.02 Å². The molecule has 2 aromatic carbocycles. The van der Waals surface area contributed by atoms with E-state index >= 15 is 0 Å². The van der Waals surface area contributed by atoms with Gasteiger partial charge >= 0.3 is 0 Å². The molecule has 0 saturated carbocycles. The molecule has 142 valence electrons. The molecule has 2 N–H and O–H groups in total. The minimum absolute atomic E-state index is 0.0320. The van der Waals surface area contributed by atoms with E-state index in [0.717, 1.165) is 10.9 Å². The van der Waals surface area contributed by atoms with Gasteiger partial charge in [-0.25, -0.2) is 9.55 Å². The first-order valence-corrected chi connectivity index (χ1v) is 9.65. The first-order valence-electron chi connectivity index (χ1n) is 8.86. The van der Waals surface area contributed by atoms with E-state index < -0.39 is 6.04 Å². The van der Waals surface area contributed by atoms with Crippen molar-refractivity contribution in [2.45, 2.75) is 18.9 Å². The lowest BCUT2D eigenvalue weighted by atomic mass is 10.1. The second-order valence-electron chi connectivity index (χ2n) is 6.56. The third kappa shape index (κ3) is 3.63. The van der Waals surface area contributed by atoms with Gasteiger partial charge in [0.15, 0.2) is 0 Å². The maximum Gasteiger partial charge on any atom is 0.257 e. The van der Waals surface area contributed by atoms with Crippen LogP contribution in [-0.2, 0) is 11.2 Å². The standard InChI is InChI=1S/C20H17ClN4O2S/c21-13-7-5-12(6-8-13)9-10-22-17(26)11-16-19(27)25-18(23-16)14-3-1-2-4-15(14)24-20(25)28/h1-8,16,23H,9-11H2,(H,22,26)/t16-/m1/s1. The molecule has 0 radical (unpaired) electrons. The number of halogens is 1. The van der Waals surface area contributed by atoms with E-state index in [0.29, 0.717) is 29.3 Å². The molecular weight excluding hydrogens is 396 g/mol. The molecule has 6 nitrogen and oxygen atoms in total. The summed E-state index contributed by atoms with van der Waals surface area (Å²) in [6.07, 6.45) is 0.721. The molecular formula is C20H17ClN4O2S. The predicted molar refractivity (Wildman–Crippen MR) is 111 cm³/mol. The van der Waals surface area contributed by atoms with Gasteiger partial charge in [0.2, 0.25) is 10.7 Å². The lowest BCUT2D eigenvalue weighted by molar-refractivity contribution is -0.121. The first-order chi connectivity index (χ1) is 13.5. The Morgan fingerprint density at radius 1 is 1.21 bits per heavy atom. The molecule has 0 fully saturated rings. The molecule has 1 aliphatic rings. The second kappa shape index (κ2) is 7.69. The summed E-state index contributed by atoms with van der Waals surface area (Å²) >= 11 is 11.1. The fourth-order valence-electron chi connectivity index (χ4n) is 3.26. The number of anilines is 1. The highest BCUT2D eigenvalue weighted by atomic mass is 35.5. The number of nitrogens with zero attached hydrogens (tertiary/aromatic N) is 2. The van der Waals surface area contributed by atoms with E-state index in [4.69, 9.17) is 23.8 Å². The molecule has 0 spiro atoms. The number of aromatic nitrogens is 2. The van der Waals surface area contributed by atoms with Crippen molar-refractivity contribution in [1.29, 1.82) is 0 Å². The fraction of sp³-hybridized carbons (Fsp3) is 0.200. The maximum atomic E-state index is 12.7. The van der Waals surface area contributed by atoms with Crippen LogP contribution in [0.3, 0.4) is 0 Å². The molecule has 0 saturated heterocycles. The van der Waals surface area contributed by atoms with Crippen LogP contribution >= 0.6 is 23.8 Å². The topological polar surface area (TPSA) is 76.0 Å². The lowest BCUT2D eigenvalue weighted by Crippen LogP contribution is -2.34. The summed E-state index contributed by atoms with van der Waals surface area (Å²) in [5.74, 6) is 0.141. The first kappa shape index (κ1) is 18.6. The molecule has 1 aromatic heterocycles. The van der Waals surface area contributed by atoms with E-state index in [1.807, 2.05) is 48.5 Å². The van der Waals surface area contributed by atoms with Gasteiger partial charge in [0, 0.05) is 17.0 Å². The monoisotopic (exact) mass is 412 g/mol. The molecule has 0 aliphatic carbocycles. The van der Waals surface area contributed by atoms with Crippen LogP contribution in [0.15, 0.2) is 48.5 Å². The van der Waals surface area contributed by atoms with Crippen LogP contribution in [-0.4, -0.2) is 34.0 Å². The molecule has 0 unspecified atom stereocenters. The highest BCUT2D eigenvalue weighted by Crippen LogP contribution is 2.28. The van der Waals surface area contributed by atoms with E-state index in [-0.39, 0.29) is 23.0 Å². The molecule has 28 heavy (non-hydrogen) atoms. The smallest absolute Gasteiger partial charge is 0.257 e. The highest BCUT2D eigenvalue weighted by molar-refractivity contribution is 7.71. The number of benzene rings is 2. The Morgan fingerprint density at radius 3 is 2.75 bits per heavy atom. The molecule has 8 heteroatoms. The van der Waals surface area contributed by atoms with Crippen molar-refractivity contribution in [3.63, 3.8) is 0 Å². The number of carbonyl (C=O) groups is 2. The van der Waals surface area contributed by atoms with Crippen LogP contribution in [0.4, 0.5) is 5.82 Å². The lowest BCUT2D eigenvalue weighted by Gasteiger charge is -2.10. The molecule has 1 amide bonds. The van der Waals surface area contributed by atoms with Crippen molar-refractivity contribution >= 4 is 52.4 Å². The molecule has 1 aliphatic heterocycles. The number of carbonyl (C=O) groups excluding carboxylic acids is 2. The van der Waals surface area contributed by atoms with Gasteiger partial charge in [-0.05, 0) is 48.5 Å². The predicted octanol–water partition coefficient (Wildman–Crippen LogP) is 3.60. The Morgan fingerprint density at radius 2 is 1.96 bits per heavy atom. The van der Waals surface area contributed by atoms with E-state index in [1.165, 1.54) is 4.57 Å². The summed E-state index contributed by atoms with van der Waals surface area (Å²) in [5.41, 5.74) is 1.79. The van der Waals surface area contributed by atoms with Gasteiger partial charge in [0.25, 0.3) is 5.91 Å². The number of nitrogens with one attached hydrogen (secondary N) is 2. The molecule has 3 aromatic rings. The zero-order valence-corrected chi connectivity index (χ0v) is 16.4. The number of fused-ring (bicyclic) bond motifs is 3. The van der Waals surface area contributed by atoms with Crippen LogP contribution < -0.4 is 10.6 Å². The van der Waals surface area contributed by atoms with Gasteiger partial charge in [-0.15, -0.1) is 0 Å². The van der Waals surface area contributed by atoms with Crippen molar-refractivity contribution in [3.05, 3.63) is 63.9 Å². The average Bonchev–Trinajstić information content (AvgIpc) is 3.00. The van der Waals surface area contributed by atoms with Gasteiger partial charge in [0.05, 0.1) is 11.9 Å².